The van der Waals surface area contributed by atoms with E-state index < -0.39 is 0 Å². The first kappa shape index (κ1) is 18.0. The van der Waals surface area contributed by atoms with Crippen LogP contribution in [0.4, 0.5) is 0 Å². The lowest BCUT2D eigenvalue weighted by Gasteiger charge is -2.17. The molecule has 2 nitrogen and oxygen atoms in total. The van der Waals surface area contributed by atoms with Gasteiger partial charge in [0.25, 0.3) is 5.91 Å². The Hall–Kier alpha value is -0.970. The predicted molar refractivity (Wildman–Crippen MR) is 82.9 cm³/mol. The Morgan fingerprint density at radius 1 is 0.947 bits per heavy atom. The fourth-order valence-electron chi connectivity index (χ4n) is 1.86. The molecule has 0 fully saturated rings. The molecule has 0 atom stereocenters. The van der Waals surface area contributed by atoms with Gasteiger partial charge in [0.2, 0.25) is 0 Å². The van der Waals surface area contributed by atoms with Crippen molar-refractivity contribution in [3.63, 3.8) is 0 Å². The molecule has 0 saturated heterocycles. The maximum Gasteiger partial charge on any atom is 0.296 e. The van der Waals surface area contributed by atoms with Crippen LogP contribution in [0.2, 0.25) is 0 Å². The standard InChI is InChI=1S/C17H31NO/c1-5-6-7-8-9-10-11-12-13-14-15-16(19)18-17(2,3)4/h5-13H2,1-4H3,(H,18,19). The molecule has 0 aliphatic heterocycles. The summed E-state index contributed by atoms with van der Waals surface area (Å²) in [6.07, 6.45) is 11.3. The predicted octanol–water partition coefficient (Wildman–Crippen LogP) is 4.44. The Labute approximate surface area is 119 Å². The van der Waals surface area contributed by atoms with Gasteiger partial charge in [-0.1, -0.05) is 57.8 Å². The largest absolute Gasteiger partial charge is 0.341 e. The zero-order valence-corrected chi connectivity index (χ0v) is 13.3. The van der Waals surface area contributed by atoms with Gasteiger partial charge in [0.1, 0.15) is 0 Å². The Balaban J connectivity index is 3.42. The number of carbonyl (C=O) groups is 1. The van der Waals surface area contributed by atoms with Crippen molar-refractivity contribution in [2.75, 3.05) is 0 Å². The van der Waals surface area contributed by atoms with Crippen molar-refractivity contribution >= 4 is 5.91 Å². The lowest BCUT2D eigenvalue weighted by atomic mass is 10.1. The molecule has 0 unspecified atom stereocenters. The Morgan fingerprint density at radius 2 is 1.47 bits per heavy atom. The van der Waals surface area contributed by atoms with Crippen molar-refractivity contribution in [2.24, 2.45) is 0 Å². The number of carbonyl (C=O) groups excluding carboxylic acids is 1. The molecule has 0 aliphatic carbocycles. The molecule has 0 rings (SSSR count). The van der Waals surface area contributed by atoms with Crippen LogP contribution in [0.3, 0.4) is 0 Å². The van der Waals surface area contributed by atoms with Crippen LogP contribution in [0, 0.1) is 11.8 Å². The average Bonchev–Trinajstić information content (AvgIpc) is 2.29. The van der Waals surface area contributed by atoms with Gasteiger partial charge in [0, 0.05) is 12.0 Å². The molecule has 2 heteroatoms. The van der Waals surface area contributed by atoms with E-state index in [0.29, 0.717) is 0 Å². The van der Waals surface area contributed by atoms with E-state index in [1.165, 1.54) is 44.9 Å². The van der Waals surface area contributed by atoms with Crippen LogP contribution in [0.25, 0.3) is 0 Å². The van der Waals surface area contributed by atoms with Crippen LogP contribution in [0.1, 0.15) is 85.5 Å². The van der Waals surface area contributed by atoms with Crippen molar-refractivity contribution in [3.05, 3.63) is 0 Å². The molecular weight excluding hydrogens is 234 g/mol. The number of rotatable bonds is 8. The van der Waals surface area contributed by atoms with Crippen molar-refractivity contribution in [3.8, 4) is 11.8 Å². The molecule has 0 bridgehead atoms. The summed E-state index contributed by atoms with van der Waals surface area (Å²) in [4.78, 5) is 11.4. The normalized spacial score (nSPS) is 10.7. The highest BCUT2D eigenvalue weighted by Gasteiger charge is 2.11. The summed E-state index contributed by atoms with van der Waals surface area (Å²) in [6.45, 7) is 8.13. The maximum absolute atomic E-state index is 11.4. The van der Waals surface area contributed by atoms with Gasteiger partial charge >= 0.3 is 0 Å². The molecule has 19 heavy (non-hydrogen) atoms. The van der Waals surface area contributed by atoms with Crippen molar-refractivity contribution < 1.29 is 4.79 Å². The second-order valence-electron chi connectivity index (χ2n) is 6.23. The van der Waals surface area contributed by atoms with Gasteiger partial charge in [-0.25, -0.2) is 0 Å². The zero-order valence-electron chi connectivity index (χ0n) is 13.3. The van der Waals surface area contributed by atoms with E-state index in [-0.39, 0.29) is 11.4 Å². The summed E-state index contributed by atoms with van der Waals surface area (Å²) in [5, 5.41) is 2.84. The summed E-state index contributed by atoms with van der Waals surface area (Å²) in [5.41, 5.74) is -0.190. The highest BCUT2D eigenvalue weighted by molar-refractivity contribution is 5.93. The van der Waals surface area contributed by atoms with Crippen molar-refractivity contribution in [1.82, 2.24) is 5.32 Å². The molecular formula is C17H31NO. The SMILES string of the molecule is CCCCCCCCCCC#CC(=O)NC(C)(C)C. The minimum Gasteiger partial charge on any atom is -0.341 e. The molecule has 0 spiro atoms. The Bertz CT molecular complexity index is 291. The Morgan fingerprint density at radius 3 is 2.00 bits per heavy atom. The van der Waals surface area contributed by atoms with Crippen molar-refractivity contribution in [1.29, 1.82) is 0 Å². The smallest absolute Gasteiger partial charge is 0.296 e. The molecule has 1 amide bonds. The minimum atomic E-state index is -0.190. The van der Waals surface area contributed by atoms with Gasteiger partial charge in [-0.3, -0.25) is 4.79 Å². The van der Waals surface area contributed by atoms with E-state index in [4.69, 9.17) is 0 Å². The first-order valence-electron chi connectivity index (χ1n) is 7.76. The first-order chi connectivity index (χ1) is 8.95. The highest BCUT2D eigenvalue weighted by atomic mass is 16.1. The van der Waals surface area contributed by atoms with Gasteiger partial charge in [-0.05, 0) is 33.1 Å². The molecule has 0 aliphatic rings. The van der Waals surface area contributed by atoms with Crippen LogP contribution in [0.5, 0.6) is 0 Å². The average molecular weight is 265 g/mol. The van der Waals surface area contributed by atoms with Crippen LogP contribution >= 0.6 is 0 Å². The molecule has 0 aromatic heterocycles. The molecule has 1 N–H and O–H groups in total. The summed E-state index contributed by atoms with van der Waals surface area (Å²) < 4.78 is 0. The van der Waals surface area contributed by atoms with Crippen LogP contribution in [0.15, 0.2) is 0 Å². The highest BCUT2D eigenvalue weighted by Crippen LogP contribution is 2.09. The monoisotopic (exact) mass is 265 g/mol. The summed E-state index contributed by atoms with van der Waals surface area (Å²) in [7, 11) is 0. The van der Waals surface area contributed by atoms with Crippen molar-refractivity contribution in [2.45, 2.75) is 91.0 Å². The van der Waals surface area contributed by atoms with Crippen LogP contribution < -0.4 is 5.32 Å². The molecule has 110 valence electrons. The topological polar surface area (TPSA) is 29.1 Å². The number of amides is 1. The summed E-state index contributed by atoms with van der Waals surface area (Å²) in [6, 6.07) is 0. The Kier molecular flexibility index (Phi) is 10.4. The molecule has 0 radical (unpaired) electrons. The van der Waals surface area contributed by atoms with E-state index in [0.717, 1.165) is 12.8 Å². The van der Waals surface area contributed by atoms with Gasteiger partial charge < -0.3 is 5.32 Å². The first-order valence-corrected chi connectivity index (χ1v) is 7.76. The summed E-state index contributed by atoms with van der Waals surface area (Å²) in [5.74, 6) is 5.45. The number of hydrogen-bond donors (Lipinski definition) is 1. The fourth-order valence-corrected chi connectivity index (χ4v) is 1.86. The van der Waals surface area contributed by atoms with E-state index in [9.17, 15) is 4.79 Å². The van der Waals surface area contributed by atoms with Gasteiger partial charge in [0.15, 0.2) is 0 Å². The van der Waals surface area contributed by atoms with E-state index in [1.807, 2.05) is 20.8 Å². The zero-order chi connectivity index (χ0) is 14.6. The fraction of sp³-hybridized carbons (Fsp3) is 0.824. The van der Waals surface area contributed by atoms with Crippen LogP contribution in [-0.4, -0.2) is 11.4 Å². The number of nitrogens with one attached hydrogen (secondary N) is 1. The molecule has 0 aromatic carbocycles. The minimum absolute atomic E-state index is 0.160. The third kappa shape index (κ3) is 15.0. The number of hydrogen-bond acceptors (Lipinski definition) is 1. The number of unbranched alkanes of at least 4 members (excludes halogenated alkanes) is 8. The third-order valence-electron chi connectivity index (χ3n) is 2.85. The molecule has 0 heterocycles. The van der Waals surface area contributed by atoms with Gasteiger partial charge in [-0.15, -0.1) is 0 Å². The lowest BCUT2D eigenvalue weighted by Crippen LogP contribution is -2.39. The second-order valence-corrected chi connectivity index (χ2v) is 6.23. The van der Waals surface area contributed by atoms with Gasteiger partial charge in [-0.2, -0.15) is 0 Å². The molecule has 0 aromatic rings. The third-order valence-corrected chi connectivity index (χ3v) is 2.85. The van der Waals surface area contributed by atoms with E-state index >= 15 is 0 Å². The van der Waals surface area contributed by atoms with E-state index in [2.05, 4.69) is 24.1 Å². The van der Waals surface area contributed by atoms with Gasteiger partial charge in [0.05, 0.1) is 0 Å². The van der Waals surface area contributed by atoms with Crippen LogP contribution in [-0.2, 0) is 4.79 Å². The molecule has 0 saturated carbocycles. The summed E-state index contributed by atoms with van der Waals surface area (Å²) >= 11 is 0. The lowest BCUT2D eigenvalue weighted by molar-refractivity contribution is -0.117. The second kappa shape index (κ2) is 10.9. The van der Waals surface area contributed by atoms with E-state index in [1.54, 1.807) is 0 Å². The quantitative estimate of drug-likeness (QED) is 0.510. The maximum atomic E-state index is 11.4.